The fourth-order valence-corrected chi connectivity index (χ4v) is 2.97. The van der Waals surface area contributed by atoms with Gasteiger partial charge in [0.2, 0.25) is 0 Å². The zero-order chi connectivity index (χ0) is 17.3. The van der Waals surface area contributed by atoms with E-state index in [1.807, 2.05) is 38.1 Å². The van der Waals surface area contributed by atoms with Crippen LogP contribution in [0.5, 0.6) is 11.5 Å². The Bertz CT molecular complexity index is 951. The van der Waals surface area contributed by atoms with Crippen LogP contribution in [0.2, 0.25) is 0 Å². The van der Waals surface area contributed by atoms with Crippen molar-refractivity contribution in [1.82, 2.24) is 9.97 Å². The molecule has 0 amide bonds. The van der Waals surface area contributed by atoms with Gasteiger partial charge in [0.15, 0.2) is 11.5 Å². The van der Waals surface area contributed by atoms with Crippen molar-refractivity contribution in [3.8, 4) is 22.9 Å². The maximum Gasteiger partial charge on any atom is 0.259 e. The number of ether oxygens (including phenoxy) is 2. The number of fused-ring (bicyclic) bond motifs is 1. The van der Waals surface area contributed by atoms with Crippen molar-refractivity contribution < 1.29 is 9.47 Å². The number of methoxy groups -OCH3 is 1. The quantitative estimate of drug-likeness (QED) is 0.728. The molecule has 2 aromatic carbocycles. The van der Waals surface area contributed by atoms with Crippen molar-refractivity contribution in [2.24, 2.45) is 0 Å². The molecule has 3 rings (SSSR count). The Hall–Kier alpha value is -2.34. The standard InChI is InChI=1S/C18H17BrN2O3/c1-10(2)24-16-13(19)8-11(9-15(16)23-3)17-20-14-7-5-4-6-12(14)18(22)21-17/h4-10H,1-3H3,(H,20,21,22). The summed E-state index contributed by atoms with van der Waals surface area (Å²) in [4.78, 5) is 19.6. The zero-order valence-electron chi connectivity index (χ0n) is 13.6. The summed E-state index contributed by atoms with van der Waals surface area (Å²) in [5.41, 5.74) is 1.21. The summed E-state index contributed by atoms with van der Waals surface area (Å²) in [5.74, 6) is 1.68. The highest BCUT2D eigenvalue weighted by Crippen LogP contribution is 2.39. The van der Waals surface area contributed by atoms with Gasteiger partial charge in [0.25, 0.3) is 5.56 Å². The lowest BCUT2D eigenvalue weighted by molar-refractivity contribution is 0.228. The van der Waals surface area contributed by atoms with E-state index in [0.29, 0.717) is 28.2 Å². The molecule has 1 N–H and O–H groups in total. The van der Waals surface area contributed by atoms with Crippen LogP contribution < -0.4 is 15.0 Å². The van der Waals surface area contributed by atoms with Gasteiger partial charge in [0, 0.05) is 5.56 Å². The minimum Gasteiger partial charge on any atom is -0.493 e. The van der Waals surface area contributed by atoms with Gasteiger partial charge in [-0.25, -0.2) is 4.98 Å². The Kier molecular flexibility index (Phi) is 4.57. The van der Waals surface area contributed by atoms with Gasteiger partial charge in [-0.1, -0.05) is 12.1 Å². The molecule has 3 aromatic rings. The van der Waals surface area contributed by atoms with Gasteiger partial charge in [-0.15, -0.1) is 0 Å². The molecule has 0 atom stereocenters. The number of aromatic amines is 1. The SMILES string of the molecule is COc1cc(-c2nc3ccccc3c(=O)[nH]2)cc(Br)c1OC(C)C. The number of H-pyrrole nitrogens is 1. The number of para-hydroxylation sites is 1. The molecular weight excluding hydrogens is 372 g/mol. The highest BCUT2D eigenvalue weighted by molar-refractivity contribution is 9.10. The summed E-state index contributed by atoms with van der Waals surface area (Å²) in [7, 11) is 1.58. The van der Waals surface area contributed by atoms with Crippen LogP contribution in [-0.2, 0) is 0 Å². The van der Waals surface area contributed by atoms with Gasteiger partial charge in [0.05, 0.1) is 28.6 Å². The molecule has 0 saturated heterocycles. The third-order valence-corrected chi connectivity index (χ3v) is 4.06. The molecule has 0 unspecified atom stereocenters. The van der Waals surface area contributed by atoms with Crippen molar-refractivity contribution in [1.29, 1.82) is 0 Å². The normalized spacial score (nSPS) is 11.0. The van der Waals surface area contributed by atoms with E-state index >= 15 is 0 Å². The maximum atomic E-state index is 12.3. The van der Waals surface area contributed by atoms with E-state index in [2.05, 4.69) is 25.9 Å². The molecule has 1 heterocycles. The first-order valence-electron chi connectivity index (χ1n) is 7.53. The summed E-state index contributed by atoms with van der Waals surface area (Å²) in [6.45, 7) is 3.89. The van der Waals surface area contributed by atoms with Crippen LogP contribution in [0.4, 0.5) is 0 Å². The fraction of sp³-hybridized carbons (Fsp3) is 0.222. The minimum absolute atomic E-state index is 0.0136. The number of nitrogens with one attached hydrogen (secondary N) is 1. The first kappa shape index (κ1) is 16.5. The van der Waals surface area contributed by atoms with Crippen molar-refractivity contribution in [2.45, 2.75) is 20.0 Å². The molecule has 0 bridgehead atoms. The van der Waals surface area contributed by atoms with Crippen LogP contribution in [0.15, 0.2) is 45.7 Å². The molecule has 0 saturated carbocycles. The van der Waals surface area contributed by atoms with Crippen LogP contribution in [0, 0.1) is 0 Å². The predicted octanol–water partition coefficient (Wildman–Crippen LogP) is 4.15. The van der Waals surface area contributed by atoms with Crippen LogP contribution in [0.1, 0.15) is 13.8 Å². The fourth-order valence-electron chi connectivity index (χ4n) is 2.43. The lowest BCUT2D eigenvalue weighted by Gasteiger charge is -2.16. The third kappa shape index (κ3) is 3.14. The highest BCUT2D eigenvalue weighted by atomic mass is 79.9. The Balaban J connectivity index is 2.16. The number of hydrogen-bond acceptors (Lipinski definition) is 4. The second-order valence-electron chi connectivity index (χ2n) is 5.59. The van der Waals surface area contributed by atoms with Crippen LogP contribution in [-0.4, -0.2) is 23.2 Å². The Labute approximate surface area is 147 Å². The lowest BCUT2D eigenvalue weighted by atomic mass is 10.1. The summed E-state index contributed by atoms with van der Waals surface area (Å²) in [6.07, 6.45) is 0.0136. The second kappa shape index (κ2) is 6.65. The highest BCUT2D eigenvalue weighted by Gasteiger charge is 2.15. The Morgan fingerprint density at radius 3 is 2.67 bits per heavy atom. The molecule has 0 radical (unpaired) electrons. The molecule has 6 heteroatoms. The molecule has 1 aromatic heterocycles. The molecular formula is C18H17BrN2O3. The van der Waals surface area contributed by atoms with Crippen LogP contribution >= 0.6 is 15.9 Å². The van der Waals surface area contributed by atoms with E-state index in [4.69, 9.17) is 9.47 Å². The monoisotopic (exact) mass is 388 g/mol. The number of rotatable bonds is 4. The molecule has 5 nitrogen and oxygen atoms in total. The number of halogens is 1. The van der Waals surface area contributed by atoms with E-state index in [0.717, 1.165) is 10.0 Å². The van der Waals surface area contributed by atoms with Gasteiger partial charge < -0.3 is 14.5 Å². The van der Waals surface area contributed by atoms with E-state index in [1.54, 1.807) is 19.2 Å². The molecule has 0 aliphatic rings. The zero-order valence-corrected chi connectivity index (χ0v) is 15.2. The topological polar surface area (TPSA) is 64.2 Å². The van der Waals surface area contributed by atoms with Crippen molar-refractivity contribution in [3.05, 3.63) is 51.2 Å². The molecule has 24 heavy (non-hydrogen) atoms. The van der Waals surface area contributed by atoms with Crippen LogP contribution in [0.3, 0.4) is 0 Å². The maximum absolute atomic E-state index is 12.3. The Morgan fingerprint density at radius 2 is 1.96 bits per heavy atom. The van der Waals surface area contributed by atoms with E-state index < -0.39 is 0 Å². The summed E-state index contributed by atoms with van der Waals surface area (Å²) < 4.78 is 12.0. The minimum atomic E-state index is -0.173. The predicted molar refractivity (Wildman–Crippen MR) is 97.8 cm³/mol. The van der Waals surface area contributed by atoms with Crippen molar-refractivity contribution >= 4 is 26.8 Å². The molecule has 0 aliphatic carbocycles. The van der Waals surface area contributed by atoms with E-state index in [1.165, 1.54) is 0 Å². The number of nitrogens with zero attached hydrogens (tertiary/aromatic N) is 1. The average molecular weight is 389 g/mol. The summed E-state index contributed by atoms with van der Waals surface area (Å²) in [6, 6.07) is 10.9. The van der Waals surface area contributed by atoms with Gasteiger partial charge in [-0.05, 0) is 54.0 Å². The first-order chi connectivity index (χ1) is 11.5. The first-order valence-corrected chi connectivity index (χ1v) is 8.32. The summed E-state index contributed by atoms with van der Waals surface area (Å²) in [5, 5.41) is 0.562. The van der Waals surface area contributed by atoms with E-state index in [-0.39, 0.29) is 11.7 Å². The molecule has 0 fully saturated rings. The van der Waals surface area contributed by atoms with Crippen molar-refractivity contribution in [2.75, 3.05) is 7.11 Å². The van der Waals surface area contributed by atoms with E-state index in [9.17, 15) is 4.79 Å². The number of benzene rings is 2. The van der Waals surface area contributed by atoms with Crippen LogP contribution in [0.25, 0.3) is 22.3 Å². The van der Waals surface area contributed by atoms with Gasteiger partial charge in [0.1, 0.15) is 5.82 Å². The van der Waals surface area contributed by atoms with Crippen molar-refractivity contribution in [3.63, 3.8) is 0 Å². The van der Waals surface area contributed by atoms with Gasteiger partial charge in [-0.2, -0.15) is 0 Å². The number of hydrogen-bond donors (Lipinski definition) is 1. The molecule has 0 spiro atoms. The molecule has 124 valence electrons. The largest absolute Gasteiger partial charge is 0.493 e. The third-order valence-electron chi connectivity index (χ3n) is 3.47. The molecule has 0 aliphatic heterocycles. The lowest BCUT2D eigenvalue weighted by Crippen LogP contribution is -2.10. The van der Waals surface area contributed by atoms with Gasteiger partial charge in [-0.3, -0.25) is 4.79 Å². The Morgan fingerprint density at radius 1 is 1.21 bits per heavy atom. The average Bonchev–Trinajstić information content (AvgIpc) is 2.56. The van der Waals surface area contributed by atoms with Gasteiger partial charge >= 0.3 is 0 Å². The second-order valence-corrected chi connectivity index (χ2v) is 6.44. The summed E-state index contributed by atoms with van der Waals surface area (Å²) >= 11 is 3.51. The number of aromatic nitrogens is 2. The smallest absolute Gasteiger partial charge is 0.259 e.